The summed E-state index contributed by atoms with van der Waals surface area (Å²) in [4.78, 5) is 14.2. The molecule has 8 heteroatoms. The van der Waals surface area contributed by atoms with Gasteiger partial charge in [-0.3, -0.25) is 10.1 Å². The molecule has 0 aliphatic heterocycles. The monoisotopic (exact) mass is 277 g/mol. The molecule has 104 valence electrons. The summed E-state index contributed by atoms with van der Waals surface area (Å²) in [5.41, 5.74) is 3.00. The van der Waals surface area contributed by atoms with Crippen LogP contribution in [0.25, 0.3) is 0 Å². The van der Waals surface area contributed by atoms with Gasteiger partial charge in [0.1, 0.15) is 17.5 Å². The molecular weight excluding hydrogens is 265 g/mol. The molecule has 20 heavy (non-hydrogen) atoms. The number of anilines is 3. The second kappa shape index (κ2) is 5.49. The number of nitrogen functional groups attached to an aromatic ring is 1. The van der Waals surface area contributed by atoms with E-state index in [-0.39, 0.29) is 23.1 Å². The number of nitrogens with one attached hydrogen (secondary N) is 2. The lowest BCUT2D eigenvalue weighted by Crippen LogP contribution is -2.10. The quantitative estimate of drug-likeness (QED) is 0.450. The summed E-state index contributed by atoms with van der Waals surface area (Å²) < 4.78 is 13.4. The molecular formula is C12H12FN5O2. The van der Waals surface area contributed by atoms with Gasteiger partial charge in [0.25, 0.3) is 5.69 Å². The highest BCUT2D eigenvalue weighted by molar-refractivity contribution is 5.62. The molecule has 1 heterocycles. The third-order valence-corrected chi connectivity index (χ3v) is 2.61. The van der Waals surface area contributed by atoms with Gasteiger partial charge in [0.2, 0.25) is 0 Å². The Kier molecular flexibility index (Phi) is 3.76. The van der Waals surface area contributed by atoms with Crippen molar-refractivity contribution >= 4 is 23.0 Å². The Balaban J connectivity index is 2.34. The Morgan fingerprint density at radius 3 is 2.60 bits per heavy atom. The number of hydrazine groups is 1. The fourth-order valence-corrected chi connectivity index (χ4v) is 1.58. The van der Waals surface area contributed by atoms with Gasteiger partial charge < -0.3 is 10.7 Å². The van der Waals surface area contributed by atoms with E-state index in [2.05, 4.69) is 15.7 Å². The molecule has 1 aromatic carbocycles. The van der Waals surface area contributed by atoms with Crippen LogP contribution in [-0.2, 0) is 0 Å². The van der Waals surface area contributed by atoms with E-state index in [4.69, 9.17) is 5.84 Å². The Morgan fingerprint density at radius 2 is 2.00 bits per heavy atom. The Hall–Kier alpha value is -2.74. The third-order valence-electron chi connectivity index (χ3n) is 2.61. The summed E-state index contributed by atoms with van der Waals surface area (Å²) in [6.45, 7) is 1.64. The summed E-state index contributed by atoms with van der Waals surface area (Å²) in [5, 5.41) is 13.6. The van der Waals surface area contributed by atoms with Crippen molar-refractivity contribution in [2.45, 2.75) is 6.92 Å². The Bertz CT molecular complexity index is 662. The van der Waals surface area contributed by atoms with Gasteiger partial charge in [-0.15, -0.1) is 0 Å². The molecule has 1 aromatic heterocycles. The van der Waals surface area contributed by atoms with Crippen LogP contribution in [0.4, 0.5) is 27.4 Å². The van der Waals surface area contributed by atoms with Gasteiger partial charge in [-0.25, -0.2) is 15.2 Å². The molecule has 2 aromatic rings. The molecule has 0 fully saturated rings. The number of aromatic nitrogens is 1. The number of nitrogens with two attached hydrogens (primary N) is 1. The van der Waals surface area contributed by atoms with Crippen LogP contribution in [0.1, 0.15) is 5.56 Å². The van der Waals surface area contributed by atoms with Gasteiger partial charge in [-0.05, 0) is 24.6 Å². The molecule has 0 radical (unpaired) electrons. The van der Waals surface area contributed by atoms with Crippen molar-refractivity contribution in [2.24, 2.45) is 5.84 Å². The lowest BCUT2D eigenvalue weighted by molar-refractivity contribution is -0.384. The lowest BCUT2D eigenvalue weighted by Gasteiger charge is -2.08. The highest BCUT2D eigenvalue weighted by Gasteiger charge is 2.11. The van der Waals surface area contributed by atoms with E-state index >= 15 is 0 Å². The predicted octanol–water partition coefficient (Wildman–Crippen LogP) is 2.47. The topological polar surface area (TPSA) is 106 Å². The largest absolute Gasteiger partial charge is 0.340 e. The number of nitrogens with zero attached hydrogens (tertiary/aromatic N) is 2. The summed E-state index contributed by atoms with van der Waals surface area (Å²) in [6.07, 6.45) is 0. The zero-order valence-electron chi connectivity index (χ0n) is 10.6. The summed E-state index contributed by atoms with van der Waals surface area (Å²) >= 11 is 0. The first kappa shape index (κ1) is 13.7. The highest BCUT2D eigenvalue weighted by atomic mass is 19.1. The first-order valence-electron chi connectivity index (χ1n) is 5.66. The van der Waals surface area contributed by atoms with Crippen molar-refractivity contribution in [1.82, 2.24) is 4.98 Å². The van der Waals surface area contributed by atoms with Gasteiger partial charge in [-0.2, -0.15) is 0 Å². The van der Waals surface area contributed by atoms with Crippen LogP contribution < -0.4 is 16.6 Å². The van der Waals surface area contributed by atoms with Crippen LogP contribution in [0.5, 0.6) is 0 Å². The number of hydrogen-bond donors (Lipinski definition) is 3. The van der Waals surface area contributed by atoms with Crippen LogP contribution in [0.2, 0.25) is 0 Å². The first-order valence-corrected chi connectivity index (χ1v) is 5.66. The summed E-state index contributed by atoms with van der Waals surface area (Å²) in [6, 6.07) is 6.95. The number of benzene rings is 1. The molecule has 0 atom stereocenters. The summed E-state index contributed by atoms with van der Waals surface area (Å²) in [7, 11) is 0. The minimum atomic E-state index is -0.566. The summed E-state index contributed by atoms with van der Waals surface area (Å²) in [5.74, 6) is 5.15. The number of pyridine rings is 1. The molecule has 0 bridgehead atoms. The average molecular weight is 277 g/mol. The van der Waals surface area contributed by atoms with Gasteiger partial charge in [0, 0.05) is 5.69 Å². The smallest absolute Gasteiger partial charge is 0.276 e. The molecule has 7 nitrogen and oxygen atoms in total. The first-order chi connectivity index (χ1) is 9.49. The molecule has 0 aliphatic carbocycles. The van der Waals surface area contributed by atoms with E-state index in [1.54, 1.807) is 19.1 Å². The van der Waals surface area contributed by atoms with Crippen molar-refractivity contribution in [3.63, 3.8) is 0 Å². The lowest BCUT2D eigenvalue weighted by atomic mass is 10.2. The zero-order chi connectivity index (χ0) is 14.7. The van der Waals surface area contributed by atoms with Crippen LogP contribution in [0, 0.1) is 22.9 Å². The van der Waals surface area contributed by atoms with E-state index in [0.29, 0.717) is 11.3 Å². The second-order valence-electron chi connectivity index (χ2n) is 4.09. The molecule has 0 saturated heterocycles. The molecule has 0 saturated carbocycles. The molecule has 4 N–H and O–H groups in total. The SMILES string of the molecule is Cc1ccc(Nc2cc([N+](=O)[O-])cc(NN)n2)cc1F. The zero-order valence-corrected chi connectivity index (χ0v) is 10.6. The standard InChI is InChI=1S/C12H12FN5O2/c1-7-2-3-8(4-10(7)13)15-11-5-9(18(19)20)6-12(16-11)17-14/h2-6H,14H2,1H3,(H2,15,16,17). The Morgan fingerprint density at radius 1 is 1.30 bits per heavy atom. The van der Waals surface area contributed by atoms with Crippen molar-refractivity contribution in [3.05, 3.63) is 51.8 Å². The predicted molar refractivity (Wildman–Crippen MR) is 73.1 cm³/mol. The van der Waals surface area contributed by atoms with Gasteiger partial charge >= 0.3 is 0 Å². The number of aryl methyl sites for hydroxylation is 1. The number of halogens is 1. The number of nitro groups is 1. The van der Waals surface area contributed by atoms with Crippen LogP contribution in [-0.4, -0.2) is 9.91 Å². The van der Waals surface area contributed by atoms with E-state index in [1.165, 1.54) is 18.2 Å². The van der Waals surface area contributed by atoms with Gasteiger partial charge in [-0.1, -0.05) is 6.07 Å². The minimum absolute atomic E-state index is 0.134. The van der Waals surface area contributed by atoms with E-state index in [0.717, 1.165) is 0 Å². The third kappa shape index (κ3) is 2.98. The average Bonchev–Trinajstić information content (AvgIpc) is 2.42. The molecule has 0 amide bonds. The number of rotatable bonds is 4. The maximum absolute atomic E-state index is 13.4. The van der Waals surface area contributed by atoms with Crippen molar-refractivity contribution in [2.75, 3.05) is 10.7 Å². The van der Waals surface area contributed by atoms with Crippen molar-refractivity contribution in [3.8, 4) is 0 Å². The van der Waals surface area contributed by atoms with Gasteiger partial charge in [0.15, 0.2) is 0 Å². The van der Waals surface area contributed by atoms with E-state index < -0.39 is 4.92 Å². The molecule has 0 spiro atoms. The van der Waals surface area contributed by atoms with Gasteiger partial charge in [0.05, 0.1) is 17.1 Å². The normalized spacial score (nSPS) is 10.2. The maximum Gasteiger partial charge on any atom is 0.276 e. The van der Waals surface area contributed by atoms with Crippen LogP contribution in [0.3, 0.4) is 0 Å². The van der Waals surface area contributed by atoms with E-state index in [9.17, 15) is 14.5 Å². The van der Waals surface area contributed by atoms with Crippen LogP contribution >= 0.6 is 0 Å². The van der Waals surface area contributed by atoms with E-state index in [1.807, 2.05) is 0 Å². The molecule has 0 unspecified atom stereocenters. The fourth-order valence-electron chi connectivity index (χ4n) is 1.58. The van der Waals surface area contributed by atoms with Crippen molar-refractivity contribution < 1.29 is 9.31 Å². The van der Waals surface area contributed by atoms with Crippen molar-refractivity contribution in [1.29, 1.82) is 0 Å². The fraction of sp³-hybridized carbons (Fsp3) is 0.0833. The Labute approximate surface area is 113 Å². The van der Waals surface area contributed by atoms with Crippen LogP contribution in [0.15, 0.2) is 30.3 Å². The number of hydrogen-bond acceptors (Lipinski definition) is 6. The maximum atomic E-state index is 13.4. The second-order valence-corrected chi connectivity index (χ2v) is 4.09. The highest BCUT2D eigenvalue weighted by Crippen LogP contribution is 2.23. The molecule has 0 aliphatic rings. The minimum Gasteiger partial charge on any atom is -0.340 e. The molecule has 2 rings (SSSR count).